The Labute approximate surface area is 144 Å². The Hall–Kier alpha value is -3.08. The summed E-state index contributed by atoms with van der Waals surface area (Å²) in [5.74, 6) is -1.22. The molecule has 25 heavy (non-hydrogen) atoms. The van der Waals surface area contributed by atoms with Crippen molar-refractivity contribution in [1.82, 2.24) is 9.88 Å². The lowest BCUT2D eigenvalue weighted by atomic mass is 9.88. The van der Waals surface area contributed by atoms with E-state index in [0.29, 0.717) is 6.42 Å². The van der Waals surface area contributed by atoms with Crippen molar-refractivity contribution in [1.29, 1.82) is 0 Å². The van der Waals surface area contributed by atoms with Gasteiger partial charge in [-0.25, -0.2) is 4.79 Å². The topological polar surface area (TPSA) is 73.4 Å². The van der Waals surface area contributed by atoms with Gasteiger partial charge in [0.15, 0.2) is 0 Å². The van der Waals surface area contributed by atoms with Crippen molar-refractivity contribution >= 4 is 22.8 Å². The Morgan fingerprint density at radius 2 is 1.76 bits per heavy atom. The van der Waals surface area contributed by atoms with Crippen molar-refractivity contribution < 1.29 is 14.7 Å². The van der Waals surface area contributed by atoms with Crippen LogP contribution >= 0.6 is 0 Å². The highest BCUT2D eigenvalue weighted by molar-refractivity contribution is 5.89. The second-order valence-corrected chi connectivity index (χ2v) is 6.36. The van der Waals surface area contributed by atoms with E-state index in [4.69, 9.17) is 0 Å². The molecule has 1 aromatic heterocycles. The van der Waals surface area contributed by atoms with Crippen LogP contribution in [0.4, 0.5) is 0 Å². The second-order valence-electron chi connectivity index (χ2n) is 6.36. The molecule has 1 amide bonds. The van der Waals surface area contributed by atoms with Gasteiger partial charge in [-0.1, -0.05) is 48.5 Å². The number of aromatic nitrogens is 1. The summed E-state index contributed by atoms with van der Waals surface area (Å²) in [6.07, 6.45) is 0.303. The van der Waals surface area contributed by atoms with Gasteiger partial charge in [0.1, 0.15) is 6.04 Å². The molecule has 1 aliphatic heterocycles. The molecule has 0 spiro atoms. The van der Waals surface area contributed by atoms with Gasteiger partial charge in [0.05, 0.1) is 6.04 Å². The summed E-state index contributed by atoms with van der Waals surface area (Å²) < 4.78 is 0. The van der Waals surface area contributed by atoms with Crippen LogP contribution in [0.3, 0.4) is 0 Å². The third-order valence-corrected chi connectivity index (χ3v) is 4.90. The summed E-state index contributed by atoms with van der Waals surface area (Å²) in [7, 11) is 0. The Morgan fingerprint density at radius 1 is 1.08 bits per heavy atom. The fraction of sp³-hybridized carbons (Fsp3) is 0.200. The van der Waals surface area contributed by atoms with Crippen LogP contribution in [0.25, 0.3) is 10.9 Å². The molecule has 1 aliphatic rings. The Balaban J connectivity index is 2.00. The maximum atomic E-state index is 12.4. The number of carboxylic acids is 1. The largest absolute Gasteiger partial charge is 0.480 e. The highest BCUT2D eigenvalue weighted by Crippen LogP contribution is 2.40. The molecule has 0 saturated carbocycles. The molecule has 0 aliphatic carbocycles. The SMILES string of the molecule is CC(=O)N1C(c2ccccc2)c2[nH]c3ccccc3c2C[C@@H]1C(=O)O. The summed E-state index contributed by atoms with van der Waals surface area (Å²) in [5, 5.41) is 10.8. The predicted molar refractivity (Wildman–Crippen MR) is 94.2 cm³/mol. The summed E-state index contributed by atoms with van der Waals surface area (Å²) >= 11 is 0. The fourth-order valence-electron chi connectivity index (χ4n) is 3.86. The number of carbonyl (C=O) groups excluding carboxylic acids is 1. The maximum Gasteiger partial charge on any atom is 0.326 e. The number of nitrogens with zero attached hydrogens (tertiary/aromatic N) is 1. The van der Waals surface area contributed by atoms with Crippen LogP contribution in [0.5, 0.6) is 0 Å². The van der Waals surface area contributed by atoms with Crippen molar-refractivity contribution in [3.63, 3.8) is 0 Å². The quantitative estimate of drug-likeness (QED) is 0.756. The van der Waals surface area contributed by atoms with Crippen LogP contribution in [-0.4, -0.2) is 32.9 Å². The number of carboxylic acid groups (broad SMARTS) is 1. The lowest BCUT2D eigenvalue weighted by Crippen LogP contribution is -2.50. The third kappa shape index (κ3) is 2.39. The molecule has 4 rings (SSSR count). The molecule has 5 nitrogen and oxygen atoms in total. The van der Waals surface area contributed by atoms with E-state index in [1.807, 2.05) is 54.6 Å². The lowest BCUT2D eigenvalue weighted by Gasteiger charge is -2.39. The number of para-hydroxylation sites is 1. The number of aromatic amines is 1. The first-order valence-electron chi connectivity index (χ1n) is 8.24. The Bertz CT molecular complexity index is 961. The first-order valence-corrected chi connectivity index (χ1v) is 8.24. The van der Waals surface area contributed by atoms with Crippen LogP contribution in [-0.2, 0) is 16.0 Å². The van der Waals surface area contributed by atoms with Gasteiger partial charge in [-0.15, -0.1) is 0 Å². The van der Waals surface area contributed by atoms with E-state index < -0.39 is 18.1 Å². The monoisotopic (exact) mass is 334 g/mol. The van der Waals surface area contributed by atoms with Gasteiger partial charge in [0.2, 0.25) is 5.91 Å². The van der Waals surface area contributed by atoms with Crippen molar-refractivity contribution in [2.45, 2.75) is 25.4 Å². The van der Waals surface area contributed by atoms with E-state index in [-0.39, 0.29) is 5.91 Å². The van der Waals surface area contributed by atoms with Crippen LogP contribution < -0.4 is 0 Å². The average molecular weight is 334 g/mol. The number of nitrogens with one attached hydrogen (secondary N) is 1. The smallest absolute Gasteiger partial charge is 0.326 e. The maximum absolute atomic E-state index is 12.4. The molecular formula is C20H18N2O3. The summed E-state index contributed by atoms with van der Waals surface area (Å²) in [6, 6.07) is 16.1. The standard InChI is InChI=1S/C20H18N2O3/c1-12(23)22-17(20(24)25)11-15-14-9-5-6-10-16(14)21-18(15)19(22)13-7-3-2-4-8-13/h2-10,17,19,21H,11H2,1H3,(H,24,25)/t17-,19?/m1/s1. The zero-order chi connectivity index (χ0) is 17.6. The number of hydrogen-bond donors (Lipinski definition) is 2. The van der Waals surface area contributed by atoms with Crippen molar-refractivity contribution in [2.24, 2.45) is 0 Å². The van der Waals surface area contributed by atoms with E-state index >= 15 is 0 Å². The normalized spacial score (nSPS) is 19.6. The van der Waals surface area contributed by atoms with E-state index in [1.165, 1.54) is 11.8 Å². The Kier molecular flexibility index (Phi) is 3.57. The minimum Gasteiger partial charge on any atom is -0.480 e. The number of carbonyl (C=O) groups is 2. The van der Waals surface area contributed by atoms with Gasteiger partial charge in [0, 0.05) is 29.9 Å². The molecule has 1 unspecified atom stereocenters. The number of amides is 1. The van der Waals surface area contributed by atoms with E-state index in [9.17, 15) is 14.7 Å². The molecule has 2 atom stereocenters. The third-order valence-electron chi connectivity index (χ3n) is 4.90. The molecule has 5 heteroatoms. The van der Waals surface area contributed by atoms with Gasteiger partial charge in [0.25, 0.3) is 0 Å². The molecule has 2 aromatic carbocycles. The van der Waals surface area contributed by atoms with Gasteiger partial charge >= 0.3 is 5.97 Å². The highest BCUT2D eigenvalue weighted by Gasteiger charge is 2.42. The number of rotatable bonds is 2. The molecular weight excluding hydrogens is 316 g/mol. The van der Waals surface area contributed by atoms with E-state index in [2.05, 4.69) is 4.98 Å². The molecule has 2 N–H and O–H groups in total. The minimum absolute atomic E-state index is 0.245. The van der Waals surface area contributed by atoms with Gasteiger partial charge in [-0.3, -0.25) is 4.79 Å². The molecule has 0 radical (unpaired) electrons. The number of hydrogen-bond acceptors (Lipinski definition) is 2. The predicted octanol–water partition coefficient (Wildman–Crippen LogP) is 3.12. The molecule has 126 valence electrons. The second kappa shape index (κ2) is 5.77. The first-order chi connectivity index (χ1) is 12.1. The molecule has 2 heterocycles. The zero-order valence-electron chi connectivity index (χ0n) is 13.8. The van der Waals surface area contributed by atoms with E-state index in [0.717, 1.165) is 27.7 Å². The minimum atomic E-state index is -0.980. The van der Waals surface area contributed by atoms with Crippen LogP contribution in [0.2, 0.25) is 0 Å². The number of fused-ring (bicyclic) bond motifs is 3. The average Bonchev–Trinajstić information content (AvgIpc) is 2.99. The van der Waals surface area contributed by atoms with Gasteiger partial charge in [-0.05, 0) is 17.2 Å². The molecule has 0 saturated heterocycles. The fourth-order valence-corrected chi connectivity index (χ4v) is 3.86. The van der Waals surface area contributed by atoms with E-state index in [1.54, 1.807) is 0 Å². The van der Waals surface area contributed by atoms with Gasteiger partial charge < -0.3 is 15.0 Å². The zero-order valence-corrected chi connectivity index (χ0v) is 13.8. The van der Waals surface area contributed by atoms with Gasteiger partial charge in [-0.2, -0.15) is 0 Å². The highest BCUT2D eigenvalue weighted by atomic mass is 16.4. The van der Waals surface area contributed by atoms with Crippen molar-refractivity contribution in [2.75, 3.05) is 0 Å². The number of H-pyrrole nitrogens is 1. The Morgan fingerprint density at radius 3 is 2.44 bits per heavy atom. The van der Waals surface area contributed by atoms with Crippen LogP contribution in [0.15, 0.2) is 54.6 Å². The summed E-state index contributed by atoms with van der Waals surface area (Å²) in [6.45, 7) is 1.43. The van der Waals surface area contributed by atoms with Crippen LogP contribution in [0.1, 0.15) is 29.8 Å². The van der Waals surface area contributed by atoms with Crippen molar-refractivity contribution in [3.8, 4) is 0 Å². The summed E-state index contributed by atoms with van der Waals surface area (Å²) in [4.78, 5) is 29.2. The van der Waals surface area contributed by atoms with Crippen LogP contribution in [0, 0.1) is 0 Å². The molecule has 0 bridgehead atoms. The summed E-state index contributed by atoms with van der Waals surface area (Å²) in [5.41, 5.74) is 3.74. The molecule has 0 fully saturated rings. The number of benzene rings is 2. The lowest BCUT2D eigenvalue weighted by molar-refractivity contribution is -0.151. The molecule has 3 aromatic rings. The van der Waals surface area contributed by atoms with Crippen molar-refractivity contribution in [3.05, 3.63) is 71.4 Å². The first kappa shape index (κ1) is 15.4. The number of aliphatic carboxylic acids is 1.